The molecule has 0 bridgehead atoms. The number of aryl methyl sites for hydroxylation is 2. The normalized spacial score (nSPS) is 11.6. The van der Waals surface area contributed by atoms with Crippen molar-refractivity contribution in [1.29, 1.82) is 0 Å². The molecule has 34 heavy (non-hydrogen) atoms. The first-order valence-electron chi connectivity index (χ1n) is 11.1. The van der Waals surface area contributed by atoms with E-state index in [4.69, 9.17) is 0 Å². The van der Waals surface area contributed by atoms with E-state index in [0.717, 1.165) is 22.5 Å². The summed E-state index contributed by atoms with van der Waals surface area (Å²) < 4.78 is 0. The van der Waals surface area contributed by atoms with Gasteiger partial charge in [-0.3, -0.25) is 4.79 Å². The molecule has 0 aliphatic heterocycles. The second-order valence-corrected chi connectivity index (χ2v) is 9.09. The van der Waals surface area contributed by atoms with Gasteiger partial charge in [-0.25, -0.2) is 15.0 Å². The number of hydrogen-bond donors (Lipinski definition) is 2. The lowest BCUT2D eigenvalue weighted by Gasteiger charge is -2.14. The zero-order valence-corrected chi connectivity index (χ0v) is 20.3. The lowest BCUT2D eigenvalue weighted by Crippen LogP contribution is -2.14. The van der Waals surface area contributed by atoms with E-state index in [1.54, 1.807) is 24.5 Å². The number of anilines is 2. The molecule has 1 unspecified atom stereocenters. The number of carbonyl (C=O) groups is 1. The Hall–Kier alpha value is -3.71. The summed E-state index contributed by atoms with van der Waals surface area (Å²) in [7, 11) is 0. The summed E-state index contributed by atoms with van der Waals surface area (Å²) in [6.07, 6.45) is 3.44. The molecule has 4 rings (SSSR count). The molecule has 2 heterocycles. The number of pyridine rings is 1. The summed E-state index contributed by atoms with van der Waals surface area (Å²) in [5.41, 5.74) is 5.54. The predicted octanol–water partition coefficient (Wildman–Crippen LogP) is 6.21. The number of benzene rings is 2. The van der Waals surface area contributed by atoms with E-state index in [2.05, 4.69) is 50.7 Å². The van der Waals surface area contributed by atoms with Gasteiger partial charge in [0.15, 0.2) is 0 Å². The first-order chi connectivity index (χ1) is 16.5. The molecular weight excluding hydrogens is 442 g/mol. The smallest absolute Gasteiger partial charge is 0.258 e. The summed E-state index contributed by atoms with van der Waals surface area (Å²) in [6, 6.07) is 21.7. The Labute approximate surface area is 204 Å². The Morgan fingerprint density at radius 3 is 2.47 bits per heavy atom. The Bertz CT molecular complexity index is 1260. The SMILES string of the molecule is Cc1cc(C)cc(NC(=O)c2cccnc2SCc2ccnc(NC(C)c3ccccc3)n2)c1. The van der Waals surface area contributed by atoms with Gasteiger partial charge in [-0.2, -0.15) is 0 Å². The van der Waals surface area contributed by atoms with Gasteiger partial charge in [0.2, 0.25) is 5.95 Å². The molecular formula is C27H27N5OS. The highest BCUT2D eigenvalue weighted by Gasteiger charge is 2.14. The maximum Gasteiger partial charge on any atom is 0.258 e. The van der Waals surface area contributed by atoms with Crippen LogP contribution in [0.25, 0.3) is 0 Å². The van der Waals surface area contributed by atoms with Crippen LogP contribution >= 0.6 is 11.8 Å². The minimum atomic E-state index is -0.178. The van der Waals surface area contributed by atoms with Crippen LogP contribution in [0, 0.1) is 13.8 Å². The van der Waals surface area contributed by atoms with Crippen molar-refractivity contribution in [1.82, 2.24) is 15.0 Å². The van der Waals surface area contributed by atoms with Crippen molar-refractivity contribution >= 4 is 29.3 Å². The average Bonchev–Trinajstić information content (AvgIpc) is 2.83. The molecule has 1 atom stereocenters. The molecule has 2 aromatic carbocycles. The quantitative estimate of drug-likeness (QED) is 0.299. The third-order valence-corrected chi connectivity index (χ3v) is 6.25. The van der Waals surface area contributed by atoms with Crippen molar-refractivity contribution in [3.63, 3.8) is 0 Å². The van der Waals surface area contributed by atoms with E-state index in [9.17, 15) is 4.79 Å². The van der Waals surface area contributed by atoms with Crippen molar-refractivity contribution in [3.8, 4) is 0 Å². The fourth-order valence-corrected chi connectivity index (χ4v) is 4.53. The number of hydrogen-bond acceptors (Lipinski definition) is 6. The van der Waals surface area contributed by atoms with Gasteiger partial charge in [0.05, 0.1) is 17.3 Å². The maximum absolute atomic E-state index is 13.0. The van der Waals surface area contributed by atoms with Crippen molar-refractivity contribution in [2.24, 2.45) is 0 Å². The van der Waals surface area contributed by atoms with E-state index >= 15 is 0 Å². The predicted molar refractivity (Wildman–Crippen MR) is 138 cm³/mol. The highest BCUT2D eigenvalue weighted by atomic mass is 32.2. The van der Waals surface area contributed by atoms with E-state index in [0.29, 0.717) is 22.3 Å². The van der Waals surface area contributed by atoms with Crippen LogP contribution in [0.4, 0.5) is 11.6 Å². The Morgan fingerprint density at radius 2 is 1.71 bits per heavy atom. The van der Waals surface area contributed by atoms with E-state index in [1.807, 2.05) is 50.2 Å². The molecule has 172 valence electrons. The van der Waals surface area contributed by atoms with Crippen molar-refractivity contribution in [2.45, 2.75) is 37.6 Å². The zero-order chi connectivity index (χ0) is 23.9. The number of thioether (sulfide) groups is 1. The molecule has 0 radical (unpaired) electrons. The fraction of sp³-hybridized carbons (Fsp3) is 0.185. The maximum atomic E-state index is 13.0. The van der Waals surface area contributed by atoms with Gasteiger partial charge in [-0.15, -0.1) is 0 Å². The number of carbonyl (C=O) groups excluding carboxylic acids is 1. The largest absolute Gasteiger partial charge is 0.348 e. The third-order valence-electron chi connectivity index (χ3n) is 5.21. The lowest BCUT2D eigenvalue weighted by molar-refractivity contribution is 0.102. The number of nitrogens with one attached hydrogen (secondary N) is 2. The van der Waals surface area contributed by atoms with Crippen LogP contribution in [0.15, 0.2) is 84.1 Å². The summed E-state index contributed by atoms with van der Waals surface area (Å²) >= 11 is 1.48. The summed E-state index contributed by atoms with van der Waals surface area (Å²) in [5, 5.41) is 7.01. The van der Waals surface area contributed by atoms with Gasteiger partial charge in [0.25, 0.3) is 5.91 Å². The Balaban J connectivity index is 1.43. The molecule has 0 aliphatic carbocycles. The highest BCUT2D eigenvalue weighted by molar-refractivity contribution is 7.98. The fourth-order valence-electron chi connectivity index (χ4n) is 3.63. The van der Waals surface area contributed by atoms with Crippen LogP contribution in [0.2, 0.25) is 0 Å². The lowest BCUT2D eigenvalue weighted by atomic mass is 10.1. The van der Waals surface area contributed by atoms with Gasteiger partial charge in [0, 0.05) is 23.8 Å². The van der Waals surface area contributed by atoms with Crippen molar-refractivity contribution in [3.05, 3.63) is 107 Å². The van der Waals surface area contributed by atoms with Crippen LogP contribution in [0.1, 0.15) is 45.7 Å². The number of aromatic nitrogens is 3. The first kappa shape index (κ1) is 23.4. The third kappa shape index (κ3) is 6.20. The van der Waals surface area contributed by atoms with Crippen LogP contribution in [0.5, 0.6) is 0 Å². The number of nitrogens with zero attached hydrogens (tertiary/aromatic N) is 3. The van der Waals surface area contributed by atoms with Gasteiger partial charge in [-0.1, -0.05) is 48.2 Å². The van der Waals surface area contributed by atoms with Crippen molar-refractivity contribution in [2.75, 3.05) is 10.6 Å². The van der Waals surface area contributed by atoms with E-state index < -0.39 is 0 Å². The zero-order valence-electron chi connectivity index (χ0n) is 19.4. The average molecular weight is 470 g/mol. The van der Waals surface area contributed by atoms with E-state index in [-0.39, 0.29) is 11.9 Å². The summed E-state index contributed by atoms with van der Waals surface area (Å²) in [6.45, 7) is 6.10. The first-order valence-corrected chi connectivity index (χ1v) is 12.1. The van der Waals surface area contributed by atoms with Crippen molar-refractivity contribution < 1.29 is 4.79 Å². The number of amides is 1. The molecule has 0 saturated heterocycles. The molecule has 7 heteroatoms. The Kier molecular flexibility index (Phi) is 7.54. The standard InChI is InChI=1S/C27H27N5OS/c1-18-14-19(2)16-23(15-18)31-25(33)24-10-7-12-28-26(24)34-17-22-11-13-29-27(32-22)30-20(3)21-8-5-4-6-9-21/h4-16,20H,17H2,1-3H3,(H,31,33)(H,29,30,32). The monoisotopic (exact) mass is 469 g/mol. The second kappa shape index (κ2) is 10.9. The number of rotatable bonds is 8. The molecule has 2 aromatic heterocycles. The second-order valence-electron chi connectivity index (χ2n) is 8.12. The molecule has 0 spiro atoms. The molecule has 2 N–H and O–H groups in total. The van der Waals surface area contributed by atoms with E-state index in [1.165, 1.54) is 17.3 Å². The van der Waals surface area contributed by atoms with Gasteiger partial charge in [-0.05, 0) is 67.8 Å². The molecule has 0 saturated carbocycles. The molecule has 4 aromatic rings. The van der Waals surface area contributed by atoms with Gasteiger partial charge < -0.3 is 10.6 Å². The molecule has 6 nitrogen and oxygen atoms in total. The summed E-state index contributed by atoms with van der Waals surface area (Å²) in [4.78, 5) is 26.4. The summed E-state index contributed by atoms with van der Waals surface area (Å²) in [5.74, 6) is 0.961. The minimum absolute atomic E-state index is 0.0838. The topological polar surface area (TPSA) is 79.8 Å². The Morgan fingerprint density at radius 1 is 0.941 bits per heavy atom. The molecule has 1 amide bonds. The highest BCUT2D eigenvalue weighted by Crippen LogP contribution is 2.25. The van der Waals surface area contributed by atoms with Crippen LogP contribution in [-0.2, 0) is 5.75 Å². The van der Waals surface area contributed by atoms with Crippen LogP contribution in [0.3, 0.4) is 0 Å². The van der Waals surface area contributed by atoms with Crippen LogP contribution < -0.4 is 10.6 Å². The van der Waals surface area contributed by atoms with Gasteiger partial charge in [0.1, 0.15) is 5.03 Å². The minimum Gasteiger partial charge on any atom is -0.348 e. The molecule has 0 aliphatic rings. The van der Waals surface area contributed by atoms with Crippen LogP contribution in [-0.4, -0.2) is 20.9 Å². The molecule has 0 fully saturated rings. The van der Waals surface area contributed by atoms with Gasteiger partial charge >= 0.3 is 0 Å².